The normalized spacial score (nSPS) is 12.2. The lowest BCUT2D eigenvalue weighted by atomic mass is 9.97. The molecule has 1 atom stereocenters. The zero-order valence-corrected chi connectivity index (χ0v) is 13.7. The van der Waals surface area contributed by atoms with E-state index in [1.165, 1.54) is 11.1 Å². The molecule has 0 bridgehead atoms. The molecule has 2 aromatic rings. The van der Waals surface area contributed by atoms with Crippen LogP contribution >= 0.6 is 15.9 Å². The zero-order valence-electron chi connectivity index (χ0n) is 12.1. The molecule has 2 nitrogen and oxygen atoms in total. The quantitative estimate of drug-likeness (QED) is 0.871. The molecule has 2 aromatic carbocycles. The summed E-state index contributed by atoms with van der Waals surface area (Å²) in [7, 11) is 1.71. The molecule has 20 heavy (non-hydrogen) atoms. The van der Waals surface area contributed by atoms with Crippen molar-refractivity contribution in [2.75, 3.05) is 13.7 Å². The van der Waals surface area contributed by atoms with E-state index in [1.807, 2.05) is 12.1 Å². The van der Waals surface area contributed by atoms with E-state index < -0.39 is 0 Å². The number of rotatable bonds is 5. The third kappa shape index (κ3) is 3.41. The molecule has 0 aliphatic carbocycles. The molecule has 0 amide bonds. The summed E-state index contributed by atoms with van der Waals surface area (Å²) < 4.78 is 6.57. The summed E-state index contributed by atoms with van der Waals surface area (Å²) in [5, 5.41) is 3.54. The second-order valence-electron chi connectivity index (χ2n) is 4.79. The van der Waals surface area contributed by atoms with Crippen LogP contribution in [0.2, 0.25) is 0 Å². The van der Waals surface area contributed by atoms with Crippen LogP contribution in [0.15, 0.2) is 46.9 Å². The third-order valence-electron chi connectivity index (χ3n) is 3.32. The standard InChI is InChI=1S/C17H20BrNO/c1-4-19-17(13-7-5-12(2)6-8-13)15-11-14(18)9-10-16(15)20-3/h5-11,17,19H,4H2,1-3H3. The molecule has 1 N–H and O–H groups in total. The maximum Gasteiger partial charge on any atom is 0.124 e. The van der Waals surface area contributed by atoms with E-state index in [0.29, 0.717) is 0 Å². The number of hydrogen-bond acceptors (Lipinski definition) is 2. The Kier molecular flexibility index (Phi) is 5.21. The van der Waals surface area contributed by atoms with Crippen molar-refractivity contribution in [2.24, 2.45) is 0 Å². The lowest BCUT2D eigenvalue weighted by Gasteiger charge is -2.21. The average molecular weight is 334 g/mol. The minimum atomic E-state index is 0.132. The summed E-state index contributed by atoms with van der Waals surface area (Å²) in [4.78, 5) is 0. The van der Waals surface area contributed by atoms with E-state index in [0.717, 1.165) is 22.3 Å². The Labute approximate surface area is 129 Å². The van der Waals surface area contributed by atoms with E-state index in [1.54, 1.807) is 7.11 Å². The fraction of sp³-hybridized carbons (Fsp3) is 0.294. The Bertz CT molecular complexity index is 566. The highest BCUT2D eigenvalue weighted by molar-refractivity contribution is 9.10. The van der Waals surface area contributed by atoms with Crippen LogP contribution in [0.25, 0.3) is 0 Å². The van der Waals surface area contributed by atoms with E-state index >= 15 is 0 Å². The summed E-state index contributed by atoms with van der Waals surface area (Å²) in [5.74, 6) is 0.903. The van der Waals surface area contributed by atoms with Gasteiger partial charge in [-0.1, -0.05) is 52.7 Å². The number of ether oxygens (including phenoxy) is 1. The highest BCUT2D eigenvalue weighted by Crippen LogP contribution is 2.32. The van der Waals surface area contributed by atoms with Crippen LogP contribution in [0.4, 0.5) is 0 Å². The number of nitrogens with one attached hydrogen (secondary N) is 1. The van der Waals surface area contributed by atoms with Gasteiger partial charge in [0.15, 0.2) is 0 Å². The minimum absolute atomic E-state index is 0.132. The highest BCUT2D eigenvalue weighted by atomic mass is 79.9. The van der Waals surface area contributed by atoms with Crippen molar-refractivity contribution < 1.29 is 4.74 Å². The second-order valence-corrected chi connectivity index (χ2v) is 5.70. The Morgan fingerprint density at radius 3 is 2.45 bits per heavy atom. The molecule has 0 radical (unpaired) electrons. The van der Waals surface area contributed by atoms with Gasteiger partial charge in [0.2, 0.25) is 0 Å². The van der Waals surface area contributed by atoms with Crippen LogP contribution in [0.5, 0.6) is 5.75 Å². The molecule has 0 spiro atoms. The first-order chi connectivity index (χ1) is 9.65. The van der Waals surface area contributed by atoms with Crippen molar-refractivity contribution in [1.82, 2.24) is 5.32 Å². The number of methoxy groups -OCH3 is 1. The van der Waals surface area contributed by atoms with Gasteiger partial charge < -0.3 is 10.1 Å². The van der Waals surface area contributed by atoms with Crippen molar-refractivity contribution in [1.29, 1.82) is 0 Å². The summed E-state index contributed by atoms with van der Waals surface area (Å²) >= 11 is 3.55. The molecule has 0 aliphatic heterocycles. The SMILES string of the molecule is CCNC(c1ccc(C)cc1)c1cc(Br)ccc1OC. The monoisotopic (exact) mass is 333 g/mol. The van der Waals surface area contributed by atoms with Crippen LogP contribution in [0.1, 0.15) is 29.7 Å². The van der Waals surface area contributed by atoms with Gasteiger partial charge in [0.1, 0.15) is 5.75 Å². The summed E-state index contributed by atoms with van der Waals surface area (Å²) in [6, 6.07) is 14.9. The topological polar surface area (TPSA) is 21.3 Å². The van der Waals surface area contributed by atoms with Crippen LogP contribution < -0.4 is 10.1 Å². The van der Waals surface area contributed by atoms with Gasteiger partial charge in [0.05, 0.1) is 13.2 Å². The second kappa shape index (κ2) is 6.91. The van der Waals surface area contributed by atoms with E-state index in [-0.39, 0.29) is 6.04 Å². The fourth-order valence-electron chi connectivity index (χ4n) is 2.30. The van der Waals surface area contributed by atoms with Crippen LogP contribution in [0.3, 0.4) is 0 Å². The molecular weight excluding hydrogens is 314 g/mol. The molecule has 1 unspecified atom stereocenters. The van der Waals surface area contributed by atoms with Gasteiger partial charge >= 0.3 is 0 Å². The first-order valence-electron chi connectivity index (χ1n) is 6.79. The lowest BCUT2D eigenvalue weighted by molar-refractivity contribution is 0.404. The van der Waals surface area contributed by atoms with Gasteiger partial charge in [-0.3, -0.25) is 0 Å². The van der Waals surface area contributed by atoms with Gasteiger partial charge in [-0.05, 0) is 37.2 Å². The van der Waals surface area contributed by atoms with E-state index in [4.69, 9.17) is 4.74 Å². The Morgan fingerprint density at radius 2 is 1.85 bits per heavy atom. The molecule has 0 fully saturated rings. The number of aryl methyl sites for hydroxylation is 1. The first kappa shape index (κ1) is 15.1. The first-order valence-corrected chi connectivity index (χ1v) is 7.58. The number of halogens is 1. The van der Waals surface area contributed by atoms with Crippen molar-refractivity contribution >= 4 is 15.9 Å². The lowest BCUT2D eigenvalue weighted by Crippen LogP contribution is -2.22. The summed E-state index contributed by atoms with van der Waals surface area (Å²) in [5.41, 5.74) is 3.66. The predicted octanol–water partition coefficient (Wildman–Crippen LogP) is 4.47. The van der Waals surface area contributed by atoms with Gasteiger partial charge in [0, 0.05) is 10.0 Å². The Morgan fingerprint density at radius 1 is 1.15 bits per heavy atom. The number of hydrogen-bond donors (Lipinski definition) is 1. The maximum atomic E-state index is 5.51. The van der Waals surface area contributed by atoms with Gasteiger partial charge in [-0.2, -0.15) is 0 Å². The molecule has 106 valence electrons. The van der Waals surface area contributed by atoms with E-state index in [2.05, 4.69) is 65.4 Å². The summed E-state index contributed by atoms with van der Waals surface area (Å²) in [6.45, 7) is 5.12. The molecule has 2 rings (SSSR count). The van der Waals surface area contributed by atoms with Crippen molar-refractivity contribution in [3.05, 3.63) is 63.6 Å². The maximum absolute atomic E-state index is 5.51. The van der Waals surface area contributed by atoms with Crippen LogP contribution in [-0.4, -0.2) is 13.7 Å². The van der Waals surface area contributed by atoms with Crippen LogP contribution in [0, 0.1) is 6.92 Å². The Hall–Kier alpha value is -1.32. The average Bonchev–Trinajstić information content (AvgIpc) is 2.46. The number of benzene rings is 2. The predicted molar refractivity (Wildman–Crippen MR) is 87.4 cm³/mol. The van der Waals surface area contributed by atoms with Gasteiger partial charge in [-0.25, -0.2) is 0 Å². The molecule has 0 saturated heterocycles. The molecule has 0 heterocycles. The van der Waals surface area contributed by atoms with Crippen LogP contribution in [-0.2, 0) is 0 Å². The third-order valence-corrected chi connectivity index (χ3v) is 3.81. The minimum Gasteiger partial charge on any atom is -0.496 e. The fourth-order valence-corrected chi connectivity index (χ4v) is 2.68. The zero-order chi connectivity index (χ0) is 14.5. The van der Waals surface area contributed by atoms with Crippen molar-refractivity contribution in [2.45, 2.75) is 19.9 Å². The molecular formula is C17H20BrNO. The summed E-state index contributed by atoms with van der Waals surface area (Å²) in [6.07, 6.45) is 0. The smallest absolute Gasteiger partial charge is 0.124 e. The largest absolute Gasteiger partial charge is 0.496 e. The molecule has 3 heteroatoms. The van der Waals surface area contributed by atoms with Crippen molar-refractivity contribution in [3.8, 4) is 5.75 Å². The molecule has 0 aliphatic rings. The highest BCUT2D eigenvalue weighted by Gasteiger charge is 2.17. The molecule has 0 aromatic heterocycles. The van der Waals surface area contributed by atoms with Crippen molar-refractivity contribution in [3.63, 3.8) is 0 Å². The Balaban J connectivity index is 2.47. The van der Waals surface area contributed by atoms with E-state index in [9.17, 15) is 0 Å². The molecule has 0 saturated carbocycles. The van der Waals surface area contributed by atoms with Gasteiger partial charge in [-0.15, -0.1) is 0 Å². The van der Waals surface area contributed by atoms with Gasteiger partial charge in [0.25, 0.3) is 0 Å².